The number of ether oxygens (including phenoxy) is 1. The zero-order valence-corrected chi connectivity index (χ0v) is 24.8. The van der Waals surface area contributed by atoms with Gasteiger partial charge in [-0.15, -0.1) is 0 Å². The molecule has 0 heterocycles. The molecule has 2 aliphatic carbocycles. The van der Waals surface area contributed by atoms with Crippen LogP contribution in [-0.4, -0.2) is 29.7 Å². The van der Waals surface area contributed by atoms with Gasteiger partial charge in [-0.25, -0.2) is 4.79 Å². The number of hydrogen-bond acceptors (Lipinski definition) is 4. The predicted octanol–water partition coefficient (Wildman–Crippen LogP) is 7.94. The van der Waals surface area contributed by atoms with Crippen LogP contribution in [0.3, 0.4) is 0 Å². The molecule has 0 aromatic heterocycles. The van der Waals surface area contributed by atoms with Gasteiger partial charge in [-0.3, -0.25) is 0 Å². The first-order chi connectivity index (χ1) is 14.4. The highest BCUT2D eigenvalue weighted by molar-refractivity contribution is 6.74. The minimum absolute atomic E-state index is 0.0423. The number of hydrogen-bond donors (Lipinski definition) is 0. The van der Waals surface area contributed by atoms with E-state index in [-0.39, 0.29) is 27.9 Å². The summed E-state index contributed by atoms with van der Waals surface area (Å²) in [5.74, 6) is 1.88. The molecule has 2 aliphatic rings. The van der Waals surface area contributed by atoms with E-state index in [0.29, 0.717) is 0 Å². The first kappa shape index (κ1) is 27.2. The van der Waals surface area contributed by atoms with Crippen LogP contribution in [0.2, 0.25) is 36.3 Å². The zero-order valence-electron chi connectivity index (χ0n) is 22.8. The molecule has 1 saturated carbocycles. The molecule has 184 valence electrons. The van der Waals surface area contributed by atoms with E-state index in [4.69, 9.17) is 13.6 Å². The van der Waals surface area contributed by atoms with Gasteiger partial charge in [-0.2, -0.15) is 0 Å². The summed E-state index contributed by atoms with van der Waals surface area (Å²) in [6.07, 6.45) is 5.01. The Balaban J connectivity index is 2.64. The lowest BCUT2D eigenvalue weighted by atomic mass is 9.79. The van der Waals surface area contributed by atoms with Crippen molar-refractivity contribution < 1.29 is 18.4 Å². The average Bonchev–Trinajstić information content (AvgIpc) is 2.74. The van der Waals surface area contributed by atoms with Crippen LogP contribution in [0.15, 0.2) is 22.7 Å². The summed E-state index contributed by atoms with van der Waals surface area (Å²) in [4.78, 5) is 13.2. The van der Waals surface area contributed by atoms with Crippen molar-refractivity contribution in [3.63, 3.8) is 0 Å². The molecule has 4 nitrogen and oxygen atoms in total. The number of fused-ring (bicyclic) bond motifs is 1. The highest BCUT2D eigenvalue weighted by atomic mass is 28.4. The molecule has 0 saturated heterocycles. The van der Waals surface area contributed by atoms with Gasteiger partial charge in [0.05, 0.1) is 24.2 Å². The maximum atomic E-state index is 13.2. The van der Waals surface area contributed by atoms with Gasteiger partial charge in [-0.05, 0) is 61.1 Å². The van der Waals surface area contributed by atoms with Crippen LogP contribution in [0, 0.1) is 11.8 Å². The smallest absolute Gasteiger partial charge is 0.337 e. The molecule has 0 N–H and O–H groups in total. The van der Waals surface area contributed by atoms with Crippen molar-refractivity contribution in [1.82, 2.24) is 0 Å². The summed E-state index contributed by atoms with van der Waals surface area (Å²) in [5, 5.41) is 0.176. The van der Waals surface area contributed by atoms with Crippen molar-refractivity contribution in [2.24, 2.45) is 11.8 Å². The lowest BCUT2D eigenvalue weighted by Crippen LogP contribution is -2.42. The molecule has 0 spiro atoms. The molecule has 0 aliphatic heterocycles. The maximum Gasteiger partial charge on any atom is 0.337 e. The fraction of sp³-hybridized carbons (Fsp3) is 0.808. The third kappa shape index (κ3) is 5.54. The summed E-state index contributed by atoms with van der Waals surface area (Å²) in [5.41, 5.74) is 2.08. The van der Waals surface area contributed by atoms with Crippen molar-refractivity contribution >= 4 is 22.6 Å². The molecule has 0 amide bonds. The molecule has 2 atom stereocenters. The van der Waals surface area contributed by atoms with Gasteiger partial charge >= 0.3 is 5.97 Å². The predicted molar refractivity (Wildman–Crippen MR) is 138 cm³/mol. The van der Waals surface area contributed by atoms with Crippen LogP contribution < -0.4 is 0 Å². The number of allylic oxidation sites excluding steroid dienone is 3. The molecular weight excluding hydrogens is 432 g/mol. The van der Waals surface area contributed by atoms with Crippen molar-refractivity contribution in [1.29, 1.82) is 0 Å². The van der Waals surface area contributed by atoms with Crippen LogP contribution in [0.4, 0.5) is 0 Å². The van der Waals surface area contributed by atoms with E-state index in [9.17, 15) is 4.79 Å². The third-order valence-corrected chi connectivity index (χ3v) is 17.0. The molecule has 0 unspecified atom stereocenters. The van der Waals surface area contributed by atoms with E-state index in [1.165, 1.54) is 12.7 Å². The minimum atomic E-state index is -2.13. The summed E-state index contributed by atoms with van der Waals surface area (Å²) < 4.78 is 19.2. The number of carbonyl (C=O) groups is 1. The molecule has 2 rings (SSSR count). The summed E-state index contributed by atoms with van der Waals surface area (Å²) >= 11 is 0. The summed E-state index contributed by atoms with van der Waals surface area (Å²) in [6.45, 7) is 24.9. The Labute approximate surface area is 199 Å². The fourth-order valence-electron chi connectivity index (χ4n) is 4.11. The summed E-state index contributed by atoms with van der Waals surface area (Å²) in [6, 6.07) is 0. The van der Waals surface area contributed by atoms with Gasteiger partial charge < -0.3 is 13.6 Å². The van der Waals surface area contributed by atoms with Gasteiger partial charge in [0.1, 0.15) is 0 Å². The van der Waals surface area contributed by atoms with Crippen molar-refractivity contribution in [3.05, 3.63) is 22.7 Å². The van der Waals surface area contributed by atoms with Crippen LogP contribution >= 0.6 is 0 Å². The largest absolute Gasteiger partial charge is 0.547 e. The Morgan fingerprint density at radius 3 is 1.94 bits per heavy atom. The van der Waals surface area contributed by atoms with Gasteiger partial charge in [0.15, 0.2) is 0 Å². The van der Waals surface area contributed by atoms with E-state index >= 15 is 0 Å². The van der Waals surface area contributed by atoms with E-state index < -0.39 is 16.6 Å². The molecule has 6 heteroatoms. The number of rotatable bonds is 5. The Hall–Kier alpha value is -1.02. The van der Waals surface area contributed by atoms with Crippen LogP contribution in [0.5, 0.6) is 0 Å². The zero-order chi connectivity index (χ0) is 24.7. The Morgan fingerprint density at radius 1 is 0.906 bits per heavy atom. The second-order valence-electron chi connectivity index (χ2n) is 12.8. The number of carbonyl (C=O) groups excluding carboxylic acids is 1. The first-order valence-electron chi connectivity index (χ1n) is 12.3. The minimum Gasteiger partial charge on any atom is -0.547 e. The van der Waals surface area contributed by atoms with E-state index in [1.54, 1.807) is 0 Å². The molecule has 0 aromatic rings. The van der Waals surface area contributed by atoms with Crippen LogP contribution in [-0.2, 0) is 18.4 Å². The molecule has 0 radical (unpaired) electrons. The standard InChI is InChI=1S/C26H48O4Si2/c1-18-17-21(29-31(9,10)25(2,3)4)19-15-13-14-16-20(19)22(24(27)28-8)23(18)30-32(11,12)26(5,6)7/h18,20H,13-17H2,1-12H3/t18-,20+/m1/s1. The second kappa shape index (κ2) is 9.32. The Morgan fingerprint density at radius 2 is 1.44 bits per heavy atom. The third-order valence-electron chi connectivity index (χ3n) is 8.28. The lowest BCUT2D eigenvalue weighted by molar-refractivity contribution is -0.137. The van der Waals surface area contributed by atoms with E-state index in [1.807, 2.05) is 0 Å². The Bertz CT molecular complexity index is 779. The van der Waals surface area contributed by atoms with Crippen LogP contribution in [0.25, 0.3) is 0 Å². The lowest BCUT2D eigenvalue weighted by Gasteiger charge is -2.39. The highest BCUT2D eigenvalue weighted by Gasteiger charge is 2.46. The molecule has 1 fully saturated rings. The number of methoxy groups -OCH3 is 1. The van der Waals surface area contributed by atoms with Crippen molar-refractivity contribution in [2.45, 2.75) is 117 Å². The SMILES string of the molecule is COC(=O)C1=C(O[Si](C)(C)C(C)(C)C)[C@H](C)CC(O[Si](C)(C)C(C)(C)C)=C2CCCC[C@@H]21. The molecule has 32 heavy (non-hydrogen) atoms. The fourth-order valence-corrected chi connectivity index (χ4v) is 6.41. The topological polar surface area (TPSA) is 44.8 Å². The molecule has 0 bridgehead atoms. The monoisotopic (exact) mass is 480 g/mol. The van der Waals surface area contributed by atoms with Crippen LogP contribution in [0.1, 0.15) is 80.6 Å². The normalized spacial score (nSPS) is 23.5. The van der Waals surface area contributed by atoms with E-state index in [0.717, 1.165) is 49.2 Å². The molecular formula is C26H48O4Si2. The van der Waals surface area contributed by atoms with Crippen molar-refractivity contribution in [3.8, 4) is 0 Å². The summed E-state index contributed by atoms with van der Waals surface area (Å²) in [7, 11) is -2.64. The van der Waals surface area contributed by atoms with Gasteiger partial charge in [-0.1, -0.05) is 54.9 Å². The quantitative estimate of drug-likeness (QED) is 0.296. The molecule has 0 aromatic carbocycles. The average molecular weight is 481 g/mol. The van der Waals surface area contributed by atoms with Gasteiger partial charge in [0.2, 0.25) is 16.6 Å². The van der Waals surface area contributed by atoms with Crippen molar-refractivity contribution in [2.75, 3.05) is 7.11 Å². The Kier molecular flexibility index (Phi) is 7.93. The second-order valence-corrected chi connectivity index (χ2v) is 22.3. The highest BCUT2D eigenvalue weighted by Crippen LogP contribution is 2.49. The number of esters is 1. The van der Waals surface area contributed by atoms with Gasteiger partial charge in [0.25, 0.3) is 0 Å². The first-order valence-corrected chi connectivity index (χ1v) is 18.2. The van der Waals surface area contributed by atoms with Gasteiger partial charge in [0, 0.05) is 18.3 Å². The van der Waals surface area contributed by atoms with E-state index in [2.05, 4.69) is 74.7 Å². The maximum absolute atomic E-state index is 13.2.